The van der Waals surface area contributed by atoms with Crippen molar-refractivity contribution in [3.05, 3.63) is 11.8 Å². The molecule has 0 spiro atoms. The number of aromatic nitrogens is 1. The van der Waals surface area contributed by atoms with Gasteiger partial charge in [0.25, 0.3) is 0 Å². The van der Waals surface area contributed by atoms with E-state index in [0.717, 1.165) is 19.4 Å². The highest BCUT2D eigenvalue weighted by atomic mass is 16.5. The third kappa shape index (κ3) is 2.70. The van der Waals surface area contributed by atoms with Gasteiger partial charge in [-0.05, 0) is 19.4 Å². The van der Waals surface area contributed by atoms with Crippen LogP contribution in [0.3, 0.4) is 0 Å². The fourth-order valence-corrected chi connectivity index (χ4v) is 1.85. The van der Waals surface area contributed by atoms with Gasteiger partial charge in [0.15, 0.2) is 0 Å². The van der Waals surface area contributed by atoms with E-state index in [2.05, 4.69) is 15.8 Å². The Hall–Kier alpha value is -1.40. The Balaban J connectivity index is 2.00. The SMILES string of the molecule is CC(C)(CO)c1cc(NC(=O)C2CCCN2)on1. The molecule has 3 N–H and O–H groups in total. The normalized spacial score (nSPS) is 20.1. The third-order valence-electron chi connectivity index (χ3n) is 3.22. The summed E-state index contributed by atoms with van der Waals surface area (Å²) in [5, 5.41) is 18.9. The monoisotopic (exact) mass is 253 g/mol. The summed E-state index contributed by atoms with van der Waals surface area (Å²) < 4.78 is 5.06. The van der Waals surface area contributed by atoms with Crippen LogP contribution >= 0.6 is 0 Å². The Kier molecular flexibility index (Phi) is 3.68. The van der Waals surface area contributed by atoms with Crippen molar-refractivity contribution in [3.8, 4) is 0 Å². The predicted octanol–water partition coefficient (Wildman–Crippen LogP) is 0.635. The van der Waals surface area contributed by atoms with Gasteiger partial charge in [-0.2, -0.15) is 0 Å². The average molecular weight is 253 g/mol. The van der Waals surface area contributed by atoms with Gasteiger partial charge in [-0.1, -0.05) is 19.0 Å². The Bertz CT molecular complexity index is 422. The van der Waals surface area contributed by atoms with E-state index in [-0.39, 0.29) is 18.6 Å². The van der Waals surface area contributed by atoms with Crippen LogP contribution in [-0.4, -0.2) is 35.4 Å². The molecule has 0 bridgehead atoms. The zero-order valence-corrected chi connectivity index (χ0v) is 10.7. The van der Waals surface area contributed by atoms with Crippen LogP contribution in [0, 0.1) is 0 Å². The van der Waals surface area contributed by atoms with Crippen molar-refractivity contribution in [1.82, 2.24) is 10.5 Å². The summed E-state index contributed by atoms with van der Waals surface area (Å²) in [4.78, 5) is 11.8. The van der Waals surface area contributed by atoms with Crippen LogP contribution < -0.4 is 10.6 Å². The molecule has 1 unspecified atom stereocenters. The molecule has 1 saturated heterocycles. The number of carbonyl (C=O) groups is 1. The van der Waals surface area contributed by atoms with Crippen molar-refractivity contribution in [1.29, 1.82) is 0 Å². The fourth-order valence-electron chi connectivity index (χ4n) is 1.85. The molecule has 1 fully saturated rings. The first-order valence-corrected chi connectivity index (χ1v) is 6.15. The van der Waals surface area contributed by atoms with Gasteiger partial charge in [0, 0.05) is 11.5 Å². The lowest BCUT2D eigenvalue weighted by molar-refractivity contribution is -0.117. The molecule has 6 nitrogen and oxygen atoms in total. The lowest BCUT2D eigenvalue weighted by Gasteiger charge is -2.16. The number of aliphatic hydroxyl groups excluding tert-OH is 1. The number of rotatable bonds is 4. The highest BCUT2D eigenvalue weighted by Crippen LogP contribution is 2.24. The van der Waals surface area contributed by atoms with Crippen LogP contribution in [0.25, 0.3) is 0 Å². The minimum Gasteiger partial charge on any atom is -0.395 e. The highest BCUT2D eigenvalue weighted by Gasteiger charge is 2.26. The van der Waals surface area contributed by atoms with Crippen molar-refractivity contribution >= 4 is 11.8 Å². The molecule has 1 amide bonds. The molecule has 0 aliphatic carbocycles. The smallest absolute Gasteiger partial charge is 0.243 e. The molecule has 1 aliphatic heterocycles. The van der Waals surface area contributed by atoms with Crippen molar-refractivity contribution in [2.24, 2.45) is 0 Å². The van der Waals surface area contributed by atoms with Crippen molar-refractivity contribution in [2.75, 3.05) is 18.5 Å². The van der Waals surface area contributed by atoms with Gasteiger partial charge in [-0.25, -0.2) is 0 Å². The van der Waals surface area contributed by atoms with Crippen molar-refractivity contribution < 1.29 is 14.4 Å². The van der Waals surface area contributed by atoms with Crippen LogP contribution in [-0.2, 0) is 10.2 Å². The molecule has 18 heavy (non-hydrogen) atoms. The van der Waals surface area contributed by atoms with Crippen LogP contribution in [0.5, 0.6) is 0 Å². The molecule has 100 valence electrons. The molecule has 1 aromatic rings. The second-order valence-electron chi connectivity index (χ2n) is 5.26. The van der Waals surface area contributed by atoms with Crippen LogP contribution in [0.2, 0.25) is 0 Å². The molecule has 0 saturated carbocycles. The number of nitrogens with zero attached hydrogens (tertiary/aromatic N) is 1. The van der Waals surface area contributed by atoms with E-state index in [1.165, 1.54) is 0 Å². The second kappa shape index (κ2) is 5.07. The van der Waals surface area contributed by atoms with Crippen LogP contribution in [0.15, 0.2) is 10.6 Å². The number of nitrogens with one attached hydrogen (secondary N) is 2. The zero-order chi connectivity index (χ0) is 13.2. The maximum Gasteiger partial charge on any atom is 0.243 e. The Morgan fingerprint density at radius 1 is 1.72 bits per heavy atom. The maximum atomic E-state index is 11.8. The van der Waals surface area contributed by atoms with Gasteiger partial charge in [0.2, 0.25) is 11.8 Å². The van der Waals surface area contributed by atoms with E-state index < -0.39 is 5.41 Å². The number of aliphatic hydroxyl groups is 1. The largest absolute Gasteiger partial charge is 0.395 e. The van der Waals surface area contributed by atoms with E-state index >= 15 is 0 Å². The number of amides is 1. The van der Waals surface area contributed by atoms with Crippen molar-refractivity contribution in [2.45, 2.75) is 38.1 Å². The highest BCUT2D eigenvalue weighted by molar-refractivity contribution is 5.93. The lowest BCUT2D eigenvalue weighted by Crippen LogP contribution is -2.35. The first kappa shape index (κ1) is 13.0. The summed E-state index contributed by atoms with van der Waals surface area (Å²) in [6.07, 6.45) is 1.85. The Labute approximate surface area is 106 Å². The first-order valence-electron chi connectivity index (χ1n) is 6.15. The molecule has 2 heterocycles. The molecule has 6 heteroatoms. The summed E-state index contributed by atoms with van der Waals surface area (Å²) in [5.74, 6) is 0.224. The van der Waals surface area contributed by atoms with Gasteiger partial charge in [-0.3, -0.25) is 10.1 Å². The van der Waals surface area contributed by atoms with E-state index in [9.17, 15) is 9.90 Å². The van der Waals surface area contributed by atoms with Gasteiger partial charge >= 0.3 is 0 Å². The summed E-state index contributed by atoms with van der Waals surface area (Å²) in [6.45, 7) is 4.55. The molecule has 1 aromatic heterocycles. The van der Waals surface area contributed by atoms with Gasteiger partial charge in [0.1, 0.15) is 0 Å². The summed E-state index contributed by atoms with van der Waals surface area (Å²) >= 11 is 0. The number of carbonyl (C=O) groups excluding carboxylic acids is 1. The fraction of sp³-hybridized carbons (Fsp3) is 0.667. The molecule has 2 rings (SSSR count). The van der Waals surface area contributed by atoms with E-state index in [0.29, 0.717) is 11.6 Å². The average Bonchev–Trinajstić information content (AvgIpc) is 2.99. The molecule has 1 aliphatic rings. The van der Waals surface area contributed by atoms with Gasteiger partial charge in [-0.15, -0.1) is 0 Å². The van der Waals surface area contributed by atoms with Crippen molar-refractivity contribution in [3.63, 3.8) is 0 Å². The molecule has 0 aromatic carbocycles. The van der Waals surface area contributed by atoms with Crippen LogP contribution in [0.4, 0.5) is 5.88 Å². The summed E-state index contributed by atoms with van der Waals surface area (Å²) in [6, 6.07) is 1.51. The standard InChI is InChI=1S/C12H19N3O3/c1-12(2,7-16)9-6-10(18-15-9)14-11(17)8-4-3-5-13-8/h6,8,13,16H,3-5,7H2,1-2H3,(H,14,17). The minimum atomic E-state index is -0.474. The van der Waals surface area contributed by atoms with Crippen LogP contribution in [0.1, 0.15) is 32.4 Å². The Morgan fingerprint density at radius 3 is 3.11 bits per heavy atom. The second-order valence-corrected chi connectivity index (χ2v) is 5.26. The molecule has 1 atom stereocenters. The number of hydrogen-bond donors (Lipinski definition) is 3. The predicted molar refractivity (Wildman–Crippen MR) is 66.3 cm³/mol. The molecular formula is C12H19N3O3. The zero-order valence-electron chi connectivity index (χ0n) is 10.7. The maximum absolute atomic E-state index is 11.8. The van der Waals surface area contributed by atoms with E-state index in [1.54, 1.807) is 6.07 Å². The summed E-state index contributed by atoms with van der Waals surface area (Å²) in [7, 11) is 0. The topological polar surface area (TPSA) is 87.4 Å². The summed E-state index contributed by atoms with van der Waals surface area (Å²) in [5.41, 5.74) is 0.151. The number of hydrogen-bond acceptors (Lipinski definition) is 5. The quantitative estimate of drug-likeness (QED) is 0.732. The minimum absolute atomic E-state index is 0.0307. The molecule has 0 radical (unpaired) electrons. The number of anilines is 1. The van der Waals surface area contributed by atoms with E-state index in [4.69, 9.17) is 4.52 Å². The Morgan fingerprint density at radius 2 is 2.50 bits per heavy atom. The first-order chi connectivity index (χ1) is 8.53. The van der Waals surface area contributed by atoms with Gasteiger partial charge in [0.05, 0.1) is 18.3 Å². The molecular weight excluding hydrogens is 234 g/mol. The lowest BCUT2D eigenvalue weighted by atomic mass is 9.91. The van der Waals surface area contributed by atoms with Gasteiger partial charge < -0.3 is 14.9 Å². The van der Waals surface area contributed by atoms with E-state index in [1.807, 2.05) is 13.8 Å². The third-order valence-corrected chi connectivity index (χ3v) is 3.22.